The van der Waals surface area contributed by atoms with Crippen molar-refractivity contribution in [2.45, 2.75) is 40.0 Å². The van der Waals surface area contributed by atoms with Gasteiger partial charge >= 0.3 is 0 Å². The zero-order valence-electron chi connectivity index (χ0n) is 8.97. The van der Waals surface area contributed by atoms with Gasteiger partial charge in [0.2, 0.25) is 0 Å². The molecule has 0 fully saturated rings. The van der Waals surface area contributed by atoms with Crippen molar-refractivity contribution in [3.8, 4) is 0 Å². The Hall–Kier alpha value is -0.780. The van der Waals surface area contributed by atoms with E-state index in [4.69, 9.17) is 0 Å². The first kappa shape index (κ1) is 17.3. The largest absolute Gasteiger partial charge is 0.103 e. The summed E-state index contributed by atoms with van der Waals surface area (Å²) in [6, 6.07) is 0. The first-order valence-electron chi connectivity index (χ1n) is 4.49. The standard InChI is InChI=1S/C6H12.2C3H6/c1-3-5-6-4-2;2*1-3-2/h3H,1,4-6H2,2H3;2*3H,1H2,2H3. The van der Waals surface area contributed by atoms with E-state index in [0.29, 0.717) is 0 Å². The zero-order chi connectivity index (χ0) is 10.2. The minimum Gasteiger partial charge on any atom is -0.103 e. The van der Waals surface area contributed by atoms with E-state index in [1.807, 2.05) is 19.9 Å². The second-order valence-electron chi connectivity index (χ2n) is 2.25. The van der Waals surface area contributed by atoms with Gasteiger partial charge in [-0.05, 0) is 20.3 Å². The van der Waals surface area contributed by atoms with Gasteiger partial charge in [0.15, 0.2) is 0 Å². The molecule has 72 valence electrons. The summed E-state index contributed by atoms with van der Waals surface area (Å²) in [5.74, 6) is 0. The molecule has 0 rings (SSSR count). The Kier molecular flexibility index (Phi) is 46.1. The van der Waals surface area contributed by atoms with Crippen molar-refractivity contribution in [2.75, 3.05) is 0 Å². The summed E-state index contributed by atoms with van der Waals surface area (Å²) in [7, 11) is 0. The van der Waals surface area contributed by atoms with Crippen molar-refractivity contribution in [1.82, 2.24) is 0 Å². The topological polar surface area (TPSA) is 0 Å². The average molecular weight is 168 g/mol. The van der Waals surface area contributed by atoms with Gasteiger partial charge in [0.1, 0.15) is 0 Å². The van der Waals surface area contributed by atoms with E-state index in [2.05, 4.69) is 26.7 Å². The molecule has 0 bridgehead atoms. The van der Waals surface area contributed by atoms with E-state index in [1.165, 1.54) is 19.3 Å². The summed E-state index contributed by atoms with van der Waals surface area (Å²) in [6.07, 6.45) is 9.22. The van der Waals surface area contributed by atoms with E-state index in [-0.39, 0.29) is 0 Å². The van der Waals surface area contributed by atoms with Crippen LogP contribution in [0.15, 0.2) is 38.0 Å². The summed E-state index contributed by atoms with van der Waals surface area (Å²) in [5.41, 5.74) is 0. The smallest absolute Gasteiger partial charge is 0.0354 e. The highest BCUT2D eigenvalue weighted by Crippen LogP contribution is 1.91. The summed E-state index contributed by atoms with van der Waals surface area (Å²) in [6.45, 7) is 16.3. The third kappa shape index (κ3) is 126. The molecule has 0 heterocycles. The van der Waals surface area contributed by atoms with E-state index in [0.717, 1.165) is 0 Å². The predicted octanol–water partition coefficient (Wildman–Crippen LogP) is 4.75. The Morgan fingerprint density at radius 1 is 1.00 bits per heavy atom. The number of rotatable bonds is 3. The predicted molar refractivity (Wildman–Crippen MR) is 61.5 cm³/mol. The number of allylic oxidation sites excluding steroid dienone is 3. The van der Waals surface area contributed by atoms with Crippen LogP contribution in [0.25, 0.3) is 0 Å². The molecule has 0 aromatic carbocycles. The van der Waals surface area contributed by atoms with E-state index < -0.39 is 0 Å². The van der Waals surface area contributed by atoms with Gasteiger partial charge in [0.05, 0.1) is 0 Å². The molecule has 0 N–H and O–H groups in total. The number of unbranched alkanes of at least 4 members (excludes halogenated alkanes) is 2. The average Bonchev–Trinajstić information content (AvgIpc) is 2.04. The van der Waals surface area contributed by atoms with Gasteiger partial charge in [-0.15, -0.1) is 19.7 Å². The van der Waals surface area contributed by atoms with Gasteiger partial charge in [0, 0.05) is 0 Å². The van der Waals surface area contributed by atoms with Crippen LogP contribution in [0.4, 0.5) is 0 Å². The quantitative estimate of drug-likeness (QED) is 0.421. The van der Waals surface area contributed by atoms with Crippen LogP contribution in [0, 0.1) is 0 Å². The summed E-state index contributed by atoms with van der Waals surface area (Å²) >= 11 is 0. The van der Waals surface area contributed by atoms with Crippen molar-refractivity contribution >= 4 is 0 Å². The maximum absolute atomic E-state index is 3.60. The van der Waals surface area contributed by atoms with Crippen LogP contribution in [0.5, 0.6) is 0 Å². The molecule has 0 heteroatoms. The summed E-state index contributed by atoms with van der Waals surface area (Å²) in [5, 5.41) is 0. The van der Waals surface area contributed by atoms with Crippen molar-refractivity contribution < 1.29 is 0 Å². The molecular formula is C12H24. The Morgan fingerprint density at radius 3 is 1.42 bits per heavy atom. The molecule has 0 aromatic rings. The minimum absolute atomic E-state index is 1.18. The highest BCUT2D eigenvalue weighted by Gasteiger charge is 1.71. The number of hydrogen-bond acceptors (Lipinski definition) is 0. The lowest BCUT2D eigenvalue weighted by Crippen LogP contribution is -1.61. The maximum atomic E-state index is 3.60. The van der Waals surface area contributed by atoms with Gasteiger partial charge < -0.3 is 0 Å². The molecule has 0 spiro atoms. The van der Waals surface area contributed by atoms with Gasteiger partial charge in [-0.25, -0.2) is 0 Å². The molecule has 0 aromatic heterocycles. The Bertz CT molecular complexity index is 74.0. The van der Waals surface area contributed by atoms with Crippen LogP contribution in [-0.4, -0.2) is 0 Å². The van der Waals surface area contributed by atoms with Crippen molar-refractivity contribution in [2.24, 2.45) is 0 Å². The Morgan fingerprint density at radius 2 is 1.33 bits per heavy atom. The van der Waals surface area contributed by atoms with E-state index >= 15 is 0 Å². The summed E-state index contributed by atoms with van der Waals surface area (Å²) < 4.78 is 0. The maximum Gasteiger partial charge on any atom is -0.0354 e. The second kappa shape index (κ2) is 31.9. The Balaban J connectivity index is -0.000000115. The van der Waals surface area contributed by atoms with Crippen molar-refractivity contribution in [3.05, 3.63) is 38.0 Å². The van der Waals surface area contributed by atoms with Gasteiger partial charge in [-0.3, -0.25) is 0 Å². The fraction of sp³-hybridized carbons (Fsp3) is 0.500. The lowest BCUT2D eigenvalue weighted by molar-refractivity contribution is 0.816. The fourth-order valence-electron chi connectivity index (χ4n) is 0.348. The molecular weight excluding hydrogens is 144 g/mol. The van der Waals surface area contributed by atoms with Crippen molar-refractivity contribution in [1.29, 1.82) is 0 Å². The zero-order valence-corrected chi connectivity index (χ0v) is 8.97. The highest BCUT2D eigenvalue weighted by molar-refractivity contribution is 4.64. The van der Waals surface area contributed by atoms with Crippen molar-refractivity contribution in [3.63, 3.8) is 0 Å². The van der Waals surface area contributed by atoms with Crippen LogP contribution in [-0.2, 0) is 0 Å². The molecule has 0 atom stereocenters. The highest BCUT2D eigenvalue weighted by atomic mass is 13.8. The number of hydrogen-bond donors (Lipinski definition) is 0. The molecule has 0 aliphatic rings. The van der Waals surface area contributed by atoms with Gasteiger partial charge in [0.25, 0.3) is 0 Å². The van der Waals surface area contributed by atoms with Crippen LogP contribution >= 0.6 is 0 Å². The Labute approximate surface area is 78.7 Å². The lowest BCUT2D eigenvalue weighted by Gasteiger charge is -1.81. The monoisotopic (exact) mass is 168 g/mol. The first-order valence-corrected chi connectivity index (χ1v) is 4.49. The van der Waals surface area contributed by atoms with Gasteiger partial charge in [-0.1, -0.05) is 38.0 Å². The SMILES string of the molecule is C=CC.C=CC.C=CCCCC. The van der Waals surface area contributed by atoms with Crippen LogP contribution in [0.3, 0.4) is 0 Å². The molecule has 0 aliphatic heterocycles. The van der Waals surface area contributed by atoms with E-state index in [9.17, 15) is 0 Å². The van der Waals surface area contributed by atoms with Crippen LogP contribution in [0.2, 0.25) is 0 Å². The third-order valence-corrected chi connectivity index (χ3v) is 0.762. The summed E-state index contributed by atoms with van der Waals surface area (Å²) in [4.78, 5) is 0. The molecule has 0 nitrogen and oxygen atoms in total. The van der Waals surface area contributed by atoms with Crippen LogP contribution < -0.4 is 0 Å². The second-order valence-corrected chi connectivity index (χ2v) is 2.25. The first-order chi connectivity index (χ1) is 5.74. The van der Waals surface area contributed by atoms with Gasteiger partial charge in [-0.2, -0.15) is 0 Å². The minimum atomic E-state index is 1.18. The fourth-order valence-corrected chi connectivity index (χ4v) is 0.348. The normalized spacial score (nSPS) is 6.25. The molecule has 12 heavy (non-hydrogen) atoms. The van der Waals surface area contributed by atoms with E-state index in [1.54, 1.807) is 12.2 Å². The molecule has 0 amide bonds. The lowest BCUT2D eigenvalue weighted by atomic mass is 10.3. The molecule has 0 aliphatic carbocycles. The molecule has 0 unspecified atom stereocenters. The third-order valence-electron chi connectivity index (χ3n) is 0.762. The molecule has 0 saturated carbocycles. The van der Waals surface area contributed by atoms with Crippen LogP contribution in [0.1, 0.15) is 40.0 Å². The molecule has 0 radical (unpaired) electrons. The molecule has 0 saturated heterocycles.